The summed E-state index contributed by atoms with van der Waals surface area (Å²) in [6.07, 6.45) is 8.15. The van der Waals surface area contributed by atoms with Crippen LogP contribution in [0.1, 0.15) is 44.1 Å². The molecule has 0 atom stereocenters. The van der Waals surface area contributed by atoms with Crippen LogP contribution >= 0.6 is 11.6 Å². The Morgan fingerprint density at radius 3 is 2.38 bits per heavy atom. The quantitative estimate of drug-likeness (QED) is 0.797. The van der Waals surface area contributed by atoms with Crippen molar-refractivity contribution in [1.82, 2.24) is 9.80 Å². The molecule has 3 rings (SSSR count). The van der Waals surface area contributed by atoms with Crippen LogP contribution in [0.15, 0.2) is 18.2 Å². The van der Waals surface area contributed by atoms with Gasteiger partial charge >= 0.3 is 6.03 Å². The summed E-state index contributed by atoms with van der Waals surface area (Å²) < 4.78 is 0. The maximum absolute atomic E-state index is 12.5. The molecule has 2 aliphatic rings. The maximum atomic E-state index is 12.5. The van der Waals surface area contributed by atoms with Crippen molar-refractivity contribution in [3.63, 3.8) is 0 Å². The normalized spacial score (nSPS) is 20.7. The number of benzene rings is 1. The Hall–Kier alpha value is -1.26. The van der Waals surface area contributed by atoms with Crippen molar-refractivity contribution in [1.29, 1.82) is 0 Å². The van der Waals surface area contributed by atoms with E-state index in [0.717, 1.165) is 43.5 Å². The van der Waals surface area contributed by atoms with E-state index in [2.05, 4.69) is 10.2 Å². The van der Waals surface area contributed by atoms with E-state index >= 15 is 0 Å². The number of urea groups is 1. The molecule has 1 heterocycles. The van der Waals surface area contributed by atoms with Crippen molar-refractivity contribution >= 4 is 23.3 Å². The lowest BCUT2D eigenvalue weighted by Crippen LogP contribution is -2.52. The van der Waals surface area contributed by atoms with Gasteiger partial charge in [-0.1, -0.05) is 43.4 Å². The first kappa shape index (κ1) is 17.6. The fourth-order valence-electron chi connectivity index (χ4n) is 3.79. The molecular weight excluding hydrogens is 322 g/mol. The monoisotopic (exact) mass is 349 g/mol. The van der Waals surface area contributed by atoms with Crippen molar-refractivity contribution in [2.75, 3.05) is 31.5 Å². The van der Waals surface area contributed by atoms with E-state index < -0.39 is 0 Å². The minimum absolute atomic E-state index is 0.0181. The van der Waals surface area contributed by atoms with Crippen LogP contribution in [0.25, 0.3) is 0 Å². The summed E-state index contributed by atoms with van der Waals surface area (Å²) in [5.41, 5.74) is 1.79. The first-order valence-corrected chi connectivity index (χ1v) is 9.57. The van der Waals surface area contributed by atoms with E-state index in [-0.39, 0.29) is 6.03 Å². The van der Waals surface area contributed by atoms with Crippen molar-refractivity contribution in [3.05, 3.63) is 28.8 Å². The summed E-state index contributed by atoms with van der Waals surface area (Å²) in [6, 6.07) is 6.36. The largest absolute Gasteiger partial charge is 0.322 e. The van der Waals surface area contributed by atoms with E-state index in [1.54, 1.807) is 0 Å². The summed E-state index contributed by atoms with van der Waals surface area (Å²) in [4.78, 5) is 17.0. The zero-order chi connectivity index (χ0) is 16.9. The summed E-state index contributed by atoms with van der Waals surface area (Å²) >= 11 is 6.13. The zero-order valence-corrected chi connectivity index (χ0v) is 15.3. The molecule has 132 valence electrons. The van der Waals surface area contributed by atoms with Gasteiger partial charge in [0.2, 0.25) is 0 Å². The molecule has 0 unspecified atom stereocenters. The summed E-state index contributed by atoms with van der Waals surface area (Å²) in [5, 5.41) is 3.65. The zero-order valence-electron chi connectivity index (χ0n) is 14.6. The third-order valence-electron chi connectivity index (χ3n) is 5.37. The van der Waals surface area contributed by atoms with Crippen LogP contribution in [0, 0.1) is 6.92 Å². The second kappa shape index (κ2) is 8.21. The lowest BCUT2D eigenvalue weighted by atomic mass is 10.1. The van der Waals surface area contributed by atoms with Crippen LogP contribution in [0.5, 0.6) is 0 Å². The third-order valence-corrected chi connectivity index (χ3v) is 5.77. The van der Waals surface area contributed by atoms with E-state index in [1.165, 1.54) is 38.5 Å². The highest BCUT2D eigenvalue weighted by Crippen LogP contribution is 2.23. The Labute approximate surface area is 150 Å². The summed E-state index contributed by atoms with van der Waals surface area (Å²) in [5.74, 6) is 0. The van der Waals surface area contributed by atoms with Gasteiger partial charge in [-0.3, -0.25) is 4.90 Å². The number of hydrogen-bond acceptors (Lipinski definition) is 2. The fourth-order valence-corrected chi connectivity index (χ4v) is 3.97. The Morgan fingerprint density at radius 1 is 1.08 bits per heavy atom. The first-order valence-electron chi connectivity index (χ1n) is 9.19. The number of hydrogen-bond donors (Lipinski definition) is 1. The molecule has 0 aromatic heterocycles. The van der Waals surface area contributed by atoms with Gasteiger partial charge in [0.25, 0.3) is 0 Å². The Balaban J connectivity index is 1.50. The van der Waals surface area contributed by atoms with Gasteiger partial charge in [-0.05, 0) is 37.5 Å². The van der Waals surface area contributed by atoms with Gasteiger partial charge in [-0.15, -0.1) is 0 Å². The van der Waals surface area contributed by atoms with Gasteiger partial charge < -0.3 is 10.2 Å². The predicted molar refractivity (Wildman–Crippen MR) is 99.8 cm³/mol. The molecule has 1 saturated heterocycles. The van der Waals surface area contributed by atoms with Crippen molar-refractivity contribution in [2.24, 2.45) is 0 Å². The van der Waals surface area contributed by atoms with Gasteiger partial charge in [0.15, 0.2) is 0 Å². The highest BCUT2D eigenvalue weighted by atomic mass is 35.5. The average Bonchev–Trinajstić information content (AvgIpc) is 2.88. The molecule has 1 aromatic rings. The van der Waals surface area contributed by atoms with E-state index in [0.29, 0.717) is 5.02 Å². The number of aryl methyl sites for hydroxylation is 1. The smallest absolute Gasteiger partial charge is 0.321 e. The molecule has 0 radical (unpaired) electrons. The Morgan fingerprint density at radius 2 is 1.75 bits per heavy atom. The number of rotatable bonds is 2. The number of carbonyl (C=O) groups is 1. The number of anilines is 1. The Bertz CT molecular complexity index is 562. The number of nitrogens with one attached hydrogen (secondary N) is 1. The van der Waals surface area contributed by atoms with Crippen LogP contribution in [-0.2, 0) is 0 Å². The minimum Gasteiger partial charge on any atom is -0.322 e. The molecule has 4 nitrogen and oxygen atoms in total. The lowest BCUT2D eigenvalue weighted by molar-refractivity contribution is 0.105. The van der Waals surface area contributed by atoms with Crippen molar-refractivity contribution in [3.8, 4) is 0 Å². The standard InChI is InChI=1S/C19H28ClN3O/c1-15-8-9-16(14-18(15)20)21-19(24)23-12-10-22(11-13-23)17-6-4-2-3-5-7-17/h8-9,14,17H,2-7,10-13H2,1H3,(H,21,24). The van der Waals surface area contributed by atoms with E-state index in [1.807, 2.05) is 30.0 Å². The van der Waals surface area contributed by atoms with Crippen LogP contribution in [0.2, 0.25) is 5.02 Å². The number of amides is 2. The molecule has 1 aliphatic carbocycles. The van der Waals surface area contributed by atoms with Crippen LogP contribution in [-0.4, -0.2) is 48.1 Å². The van der Waals surface area contributed by atoms with Gasteiger partial charge in [0.05, 0.1) is 0 Å². The van der Waals surface area contributed by atoms with Crippen LogP contribution in [0.4, 0.5) is 10.5 Å². The highest BCUT2D eigenvalue weighted by Gasteiger charge is 2.26. The summed E-state index contributed by atoms with van der Waals surface area (Å²) in [7, 11) is 0. The summed E-state index contributed by atoms with van der Waals surface area (Å²) in [6.45, 7) is 5.56. The van der Waals surface area contributed by atoms with Gasteiger partial charge in [0, 0.05) is 42.9 Å². The van der Waals surface area contributed by atoms with Crippen LogP contribution < -0.4 is 5.32 Å². The average molecular weight is 350 g/mol. The molecule has 5 heteroatoms. The molecule has 0 bridgehead atoms. The maximum Gasteiger partial charge on any atom is 0.321 e. The van der Waals surface area contributed by atoms with Gasteiger partial charge in [-0.25, -0.2) is 4.79 Å². The first-order chi connectivity index (χ1) is 11.6. The SMILES string of the molecule is Cc1ccc(NC(=O)N2CCN(C3CCCCCC3)CC2)cc1Cl. The van der Waals surface area contributed by atoms with E-state index in [4.69, 9.17) is 11.6 Å². The molecule has 1 saturated carbocycles. The third kappa shape index (κ3) is 4.42. The second-order valence-corrected chi connectivity index (χ2v) is 7.47. The Kier molecular flexibility index (Phi) is 6.01. The number of carbonyl (C=O) groups excluding carboxylic acids is 1. The number of piperazine rings is 1. The molecule has 0 spiro atoms. The molecule has 2 amide bonds. The van der Waals surface area contributed by atoms with Crippen molar-refractivity contribution < 1.29 is 4.79 Å². The molecule has 1 aromatic carbocycles. The number of nitrogens with zero attached hydrogens (tertiary/aromatic N) is 2. The van der Waals surface area contributed by atoms with Gasteiger partial charge in [0.1, 0.15) is 0 Å². The molecule has 1 N–H and O–H groups in total. The highest BCUT2D eigenvalue weighted by molar-refractivity contribution is 6.31. The topological polar surface area (TPSA) is 35.6 Å². The predicted octanol–water partition coefficient (Wildman–Crippen LogP) is 4.52. The molecular formula is C19H28ClN3O. The van der Waals surface area contributed by atoms with Crippen molar-refractivity contribution in [2.45, 2.75) is 51.5 Å². The van der Waals surface area contributed by atoms with Crippen LogP contribution in [0.3, 0.4) is 0 Å². The van der Waals surface area contributed by atoms with Gasteiger partial charge in [-0.2, -0.15) is 0 Å². The lowest BCUT2D eigenvalue weighted by Gasteiger charge is -2.39. The number of halogens is 1. The molecule has 24 heavy (non-hydrogen) atoms. The second-order valence-electron chi connectivity index (χ2n) is 7.06. The van der Waals surface area contributed by atoms with E-state index in [9.17, 15) is 4.79 Å². The molecule has 2 fully saturated rings. The minimum atomic E-state index is -0.0181. The fraction of sp³-hybridized carbons (Fsp3) is 0.632. The molecule has 1 aliphatic heterocycles.